The molecule has 0 fully saturated rings. The van der Waals surface area contributed by atoms with Gasteiger partial charge in [-0.05, 0) is 45.4 Å². The molecular weight excluding hydrogens is 250 g/mol. The highest BCUT2D eigenvalue weighted by Crippen LogP contribution is 2.19. The highest BCUT2D eigenvalue weighted by atomic mass is 16.2. The predicted octanol–water partition coefficient (Wildman–Crippen LogP) is 2.02. The number of rotatable bonds is 8. The Morgan fingerprint density at radius 2 is 1.85 bits per heavy atom. The highest BCUT2D eigenvalue weighted by molar-refractivity contribution is 5.81. The summed E-state index contributed by atoms with van der Waals surface area (Å²) in [6.07, 6.45) is 0.889. The first-order valence-electron chi connectivity index (χ1n) is 7.42. The smallest absolute Gasteiger partial charge is 0.242 e. The van der Waals surface area contributed by atoms with Gasteiger partial charge in [0.1, 0.15) is 0 Å². The number of benzene rings is 1. The van der Waals surface area contributed by atoms with E-state index < -0.39 is 0 Å². The van der Waals surface area contributed by atoms with Gasteiger partial charge in [-0.1, -0.05) is 18.2 Å². The molecule has 0 aliphatic carbocycles. The van der Waals surface area contributed by atoms with Crippen LogP contribution in [0, 0.1) is 6.92 Å². The number of carbonyl (C=O) groups excluding carboxylic acids is 1. The number of carbonyl (C=O) groups is 1. The van der Waals surface area contributed by atoms with Gasteiger partial charge in [0, 0.05) is 25.3 Å². The summed E-state index contributed by atoms with van der Waals surface area (Å²) in [6.45, 7) is 9.50. The molecule has 1 rings (SSSR count). The Hall–Kier alpha value is -1.55. The molecule has 112 valence electrons. The fourth-order valence-electron chi connectivity index (χ4n) is 2.32. The molecule has 2 N–H and O–H groups in total. The van der Waals surface area contributed by atoms with Crippen LogP contribution < -0.4 is 10.6 Å². The van der Waals surface area contributed by atoms with E-state index in [0.29, 0.717) is 13.1 Å². The van der Waals surface area contributed by atoms with Crippen molar-refractivity contribution in [3.05, 3.63) is 29.8 Å². The SMILES string of the molecule is CCN(CC)C(=O)CN(CCCN)c1ccccc1C. The fourth-order valence-corrected chi connectivity index (χ4v) is 2.32. The van der Waals surface area contributed by atoms with E-state index in [1.165, 1.54) is 5.56 Å². The second-order valence-electron chi connectivity index (χ2n) is 4.92. The number of para-hydroxylation sites is 1. The summed E-state index contributed by atoms with van der Waals surface area (Å²) in [5.41, 5.74) is 7.93. The van der Waals surface area contributed by atoms with Crippen LogP contribution in [0.1, 0.15) is 25.8 Å². The van der Waals surface area contributed by atoms with Crippen LogP contribution in [0.4, 0.5) is 5.69 Å². The number of aryl methyl sites for hydroxylation is 1. The number of hydrogen-bond acceptors (Lipinski definition) is 3. The fraction of sp³-hybridized carbons (Fsp3) is 0.562. The second kappa shape index (κ2) is 8.59. The van der Waals surface area contributed by atoms with Gasteiger partial charge in [0.05, 0.1) is 6.54 Å². The minimum atomic E-state index is 0.176. The molecule has 0 unspecified atom stereocenters. The lowest BCUT2D eigenvalue weighted by Gasteiger charge is -2.28. The summed E-state index contributed by atoms with van der Waals surface area (Å²) < 4.78 is 0. The van der Waals surface area contributed by atoms with Crippen molar-refractivity contribution in [3.8, 4) is 0 Å². The van der Waals surface area contributed by atoms with Crippen LogP contribution in [0.5, 0.6) is 0 Å². The first-order chi connectivity index (χ1) is 9.63. The van der Waals surface area contributed by atoms with Gasteiger partial charge in [-0.25, -0.2) is 0 Å². The van der Waals surface area contributed by atoms with E-state index in [2.05, 4.69) is 24.0 Å². The maximum absolute atomic E-state index is 12.3. The molecular formula is C16H27N3O. The van der Waals surface area contributed by atoms with Crippen LogP contribution in [0.15, 0.2) is 24.3 Å². The average Bonchev–Trinajstić information content (AvgIpc) is 2.45. The van der Waals surface area contributed by atoms with Crippen molar-refractivity contribution in [2.24, 2.45) is 5.73 Å². The van der Waals surface area contributed by atoms with Crippen molar-refractivity contribution in [2.45, 2.75) is 27.2 Å². The van der Waals surface area contributed by atoms with E-state index in [9.17, 15) is 4.79 Å². The maximum Gasteiger partial charge on any atom is 0.242 e. The van der Waals surface area contributed by atoms with Crippen LogP contribution in [0.25, 0.3) is 0 Å². The van der Waals surface area contributed by atoms with Gasteiger partial charge in [-0.15, -0.1) is 0 Å². The predicted molar refractivity (Wildman–Crippen MR) is 85.0 cm³/mol. The molecule has 0 saturated carbocycles. The zero-order valence-corrected chi connectivity index (χ0v) is 12.9. The molecule has 0 aliphatic heterocycles. The number of nitrogens with two attached hydrogens (primary N) is 1. The highest BCUT2D eigenvalue weighted by Gasteiger charge is 2.16. The lowest BCUT2D eigenvalue weighted by Crippen LogP contribution is -2.41. The van der Waals surface area contributed by atoms with E-state index >= 15 is 0 Å². The summed E-state index contributed by atoms with van der Waals surface area (Å²) in [7, 11) is 0. The maximum atomic E-state index is 12.3. The topological polar surface area (TPSA) is 49.6 Å². The minimum Gasteiger partial charge on any atom is -0.362 e. The lowest BCUT2D eigenvalue weighted by atomic mass is 10.1. The van der Waals surface area contributed by atoms with Crippen LogP contribution in [-0.2, 0) is 4.79 Å². The number of likely N-dealkylation sites (N-methyl/N-ethyl adjacent to an activating group) is 1. The molecule has 1 aromatic rings. The number of nitrogens with zero attached hydrogens (tertiary/aromatic N) is 2. The summed E-state index contributed by atoms with van der Waals surface area (Å²) in [5, 5.41) is 0. The van der Waals surface area contributed by atoms with Gasteiger partial charge in [-0.3, -0.25) is 4.79 Å². The van der Waals surface area contributed by atoms with Gasteiger partial charge >= 0.3 is 0 Å². The first-order valence-corrected chi connectivity index (χ1v) is 7.42. The van der Waals surface area contributed by atoms with Crippen LogP contribution in [0.3, 0.4) is 0 Å². The molecule has 1 aromatic carbocycles. The Morgan fingerprint density at radius 3 is 2.40 bits per heavy atom. The van der Waals surface area contributed by atoms with Gasteiger partial charge in [0.15, 0.2) is 0 Å². The summed E-state index contributed by atoms with van der Waals surface area (Å²) in [6, 6.07) is 8.18. The number of hydrogen-bond donors (Lipinski definition) is 1. The van der Waals surface area contributed by atoms with Crippen molar-refractivity contribution in [1.29, 1.82) is 0 Å². The zero-order valence-electron chi connectivity index (χ0n) is 12.9. The quantitative estimate of drug-likeness (QED) is 0.791. The van der Waals surface area contributed by atoms with E-state index in [1.54, 1.807) is 0 Å². The van der Waals surface area contributed by atoms with Gasteiger partial charge in [0.2, 0.25) is 5.91 Å². The van der Waals surface area contributed by atoms with E-state index in [4.69, 9.17) is 5.73 Å². The Bertz CT molecular complexity index is 416. The normalized spacial score (nSPS) is 10.4. The summed E-state index contributed by atoms with van der Waals surface area (Å²) >= 11 is 0. The van der Waals surface area contributed by atoms with Gasteiger partial charge in [0.25, 0.3) is 0 Å². The second-order valence-corrected chi connectivity index (χ2v) is 4.92. The molecule has 4 heteroatoms. The van der Waals surface area contributed by atoms with Crippen LogP contribution >= 0.6 is 0 Å². The largest absolute Gasteiger partial charge is 0.362 e. The molecule has 4 nitrogen and oxygen atoms in total. The number of amides is 1. The van der Waals surface area contributed by atoms with Gasteiger partial charge in [-0.2, -0.15) is 0 Å². The monoisotopic (exact) mass is 277 g/mol. The third kappa shape index (κ3) is 4.53. The Morgan fingerprint density at radius 1 is 1.20 bits per heavy atom. The van der Waals surface area contributed by atoms with E-state index in [1.807, 2.05) is 30.9 Å². The van der Waals surface area contributed by atoms with Crippen molar-refractivity contribution in [2.75, 3.05) is 37.6 Å². The summed E-state index contributed by atoms with van der Waals surface area (Å²) in [5.74, 6) is 0.176. The standard InChI is InChI=1S/C16H27N3O/c1-4-18(5-2)16(20)13-19(12-8-11-17)15-10-7-6-9-14(15)3/h6-7,9-10H,4-5,8,11-13,17H2,1-3H3. The first kappa shape index (κ1) is 16.5. The number of anilines is 1. The third-order valence-corrected chi connectivity index (χ3v) is 3.53. The van der Waals surface area contributed by atoms with Gasteiger partial charge < -0.3 is 15.5 Å². The van der Waals surface area contributed by atoms with E-state index in [-0.39, 0.29) is 5.91 Å². The van der Waals surface area contributed by atoms with Crippen molar-refractivity contribution in [3.63, 3.8) is 0 Å². The molecule has 0 spiro atoms. The molecule has 20 heavy (non-hydrogen) atoms. The van der Waals surface area contributed by atoms with Crippen LogP contribution in [0.2, 0.25) is 0 Å². The molecule has 0 radical (unpaired) electrons. The van der Waals surface area contributed by atoms with Crippen molar-refractivity contribution < 1.29 is 4.79 Å². The molecule has 0 aliphatic rings. The molecule has 0 aromatic heterocycles. The van der Waals surface area contributed by atoms with Crippen LogP contribution in [-0.4, -0.2) is 43.5 Å². The zero-order chi connectivity index (χ0) is 15.0. The molecule has 0 saturated heterocycles. The lowest BCUT2D eigenvalue weighted by molar-refractivity contribution is -0.129. The minimum absolute atomic E-state index is 0.176. The van der Waals surface area contributed by atoms with Crippen molar-refractivity contribution >= 4 is 11.6 Å². The summed E-state index contributed by atoms with van der Waals surface area (Å²) in [4.78, 5) is 16.3. The molecule has 0 atom stereocenters. The molecule has 0 bridgehead atoms. The van der Waals surface area contributed by atoms with Crippen molar-refractivity contribution in [1.82, 2.24) is 4.90 Å². The third-order valence-electron chi connectivity index (χ3n) is 3.53. The van der Waals surface area contributed by atoms with E-state index in [0.717, 1.165) is 31.7 Å². The Kier molecular flexibility index (Phi) is 7.09. The Balaban J connectivity index is 2.85. The molecule has 1 amide bonds. The molecule has 0 heterocycles. The Labute approximate surface area is 122 Å². The average molecular weight is 277 g/mol.